The molecule has 7 heteroatoms. The molecule has 2 heterocycles. The number of hydrogen-bond acceptors (Lipinski definition) is 4. The van der Waals surface area contributed by atoms with Crippen LogP contribution < -0.4 is 9.64 Å². The van der Waals surface area contributed by atoms with Crippen LogP contribution in [0.4, 0.5) is 5.69 Å². The monoisotopic (exact) mass is 364 g/mol. The number of amides is 2. The Kier molecular flexibility index (Phi) is 4.27. The van der Waals surface area contributed by atoms with Crippen molar-refractivity contribution in [3.63, 3.8) is 0 Å². The number of nitrogens with one attached hydrogen (secondary N) is 1. The minimum absolute atomic E-state index is 0.0240. The van der Waals surface area contributed by atoms with Crippen LogP contribution in [0, 0.1) is 6.92 Å². The van der Waals surface area contributed by atoms with Crippen molar-refractivity contribution in [2.45, 2.75) is 6.92 Å². The van der Waals surface area contributed by atoms with Crippen molar-refractivity contribution < 1.29 is 14.3 Å². The molecule has 2 amide bonds. The maximum Gasteiger partial charge on any atom is 0.275 e. The number of H-pyrrole nitrogens is 1. The van der Waals surface area contributed by atoms with Gasteiger partial charge in [0.2, 0.25) is 5.91 Å². The molecule has 1 N–H and O–H groups in total. The third-order valence-corrected chi connectivity index (χ3v) is 4.79. The topological polar surface area (TPSA) is 78.5 Å². The van der Waals surface area contributed by atoms with Crippen molar-refractivity contribution >= 4 is 28.4 Å². The number of aryl methyl sites for hydroxylation is 1. The Morgan fingerprint density at radius 1 is 1.19 bits per heavy atom. The zero-order chi connectivity index (χ0) is 19.0. The third kappa shape index (κ3) is 3.12. The molecule has 2 aromatic carbocycles. The highest BCUT2D eigenvalue weighted by molar-refractivity contribution is 6.07. The van der Waals surface area contributed by atoms with Crippen molar-refractivity contribution in [1.29, 1.82) is 0 Å². The van der Waals surface area contributed by atoms with Gasteiger partial charge in [0, 0.05) is 30.2 Å². The molecule has 27 heavy (non-hydrogen) atoms. The smallest absolute Gasteiger partial charge is 0.275 e. The number of anilines is 1. The zero-order valence-corrected chi connectivity index (χ0v) is 15.2. The largest absolute Gasteiger partial charge is 0.497 e. The number of benzene rings is 2. The minimum atomic E-state index is -0.231. The van der Waals surface area contributed by atoms with E-state index in [1.165, 1.54) is 0 Å². The molecule has 4 rings (SSSR count). The predicted octanol–water partition coefficient (Wildman–Crippen LogP) is 2.37. The van der Waals surface area contributed by atoms with Crippen LogP contribution >= 0.6 is 0 Å². The highest BCUT2D eigenvalue weighted by Crippen LogP contribution is 2.24. The molecule has 0 atom stereocenters. The molecule has 0 radical (unpaired) electrons. The van der Waals surface area contributed by atoms with Crippen molar-refractivity contribution in [2.24, 2.45) is 0 Å². The van der Waals surface area contributed by atoms with E-state index < -0.39 is 0 Å². The van der Waals surface area contributed by atoms with Gasteiger partial charge in [0.25, 0.3) is 5.91 Å². The standard InChI is InChI=1S/C20H20N4O3/c1-13-6-7-17-16(10-13)19(22-21-17)20(26)23-8-9-24(18(25)12-23)14-4-3-5-15(11-14)27-2/h3-7,10-11H,8-9,12H2,1-2H3,(H,21,22). The second kappa shape index (κ2) is 6.75. The first-order chi connectivity index (χ1) is 13.1. The fourth-order valence-electron chi connectivity index (χ4n) is 3.34. The van der Waals surface area contributed by atoms with Crippen LogP contribution in [0.3, 0.4) is 0 Å². The molecule has 1 aromatic heterocycles. The van der Waals surface area contributed by atoms with Gasteiger partial charge in [-0.1, -0.05) is 17.7 Å². The summed E-state index contributed by atoms with van der Waals surface area (Å²) in [6.45, 7) is 2.87. The first-order valence-corrected chi connectivity index (χ1v) is 8.75. The van der Waals surface area contributed by atoms with Crippen molar-refractivity contribution in [3.8, 4) is 5.75 Å². The number of fused-ring (bicyclic) bond motifs is 1. The average Bonchev–Trinajstić information content (AvgIpc) is 3.10. The highest BCUT2D eigenvalue weighted by Gasteiger charge is 2.30. The number of nitrogens with zero attached hydrogens (tertiary/aromatic N) is 3. The Labute approximate surface area is 156 Å². The molecule has 138 valence electrons. The normalized spacial score (nSPS) is 14.7. The molecule has 0 spiro atoms. The second-order valence-corrected chi connectivity index (χ2v) is 6.59. The summed E-state index contributed by atoms with van der Waals surface area (Å²) >= 11 is 0. The number of aromatic nitrogens is 2. The van der Waals surface area contributed by atoms with Gasteiger partial charge in [-0.3, -0.25) is 14.7 Å². The molecular formula is C20H20N4O3. The number of rotatable bonds is 3. The summed E-state index contributed by atoms with van der Waals surface area (Å²) in [5.41, 5.74) is 2.99. The van der Waals surface area contributed by atoms with Crippen LogP contribution in [0.1, 0.15) is 16.1 Å². The lowest BCUT2D eigenvalue weighted by Gasteiger charge is -2.34. The Balaban J connectivity index is 1.54. The number of carbonyl (C=O) groups is 2. The Morgan fingerprint density at radius 2 is 2.04 bits per heavy atom. The van der Waals surface area contributed by atoms with E-state index in [-0.39, 0.29) is 18.4 Å². The number of carbonyl (C=O) groups excluding carboxylic acids is 2. The van der Waals surface area contributed by atoms with E-state index in [4.69, 9.17) is 4.74 Å². The number of methoxy groups -OCH3 is 1. The number of hydrogen-bond donors (Lipinski definition) is 1. The summed E-state index contributed by atoms with van der Waals surface area (Å²) in [7, 11) is 1.59. The van der Waals surface area contributed by atoms with E-state index >= 15 is 0 Å². The molecule has 0 bridgehead atoms. The van der Waals surface area contributed by atoms with Gasteiger partial charge in [-0.15, -0.1) is 0 Å². The van der Waals surface area contributed by atoms with Crippen LogP contribution in [0.5, 0.6) is 5.75 Å². The van der Waals surface area contributed by atoms with E-state index in [1.807, 2.05) is 49.4 Å². The van der Waals surface area contributed by atoms with Gasteiger partial charge in [-0.05, 0) is 31.2 Å². The lowest BCUT2D eigenvalue weighted by atomic mass is 10.1. The first-order valence-electron chi connectivity index (χ1n) is 8.75. The van der Waals surface area contributed by atoms with Crippen molar-refractivity contribution in [1.82, 2.24) is 15.1 Å². The molecule has 0 aliphatic carbocycles. The predicted molar refractivity (Wildman–Crippen MR) is 102 cm³/mol. The molecule has 0 saturated carbocycles. The van der Waals surface area contributed by atoms with Crippen LogP contribution in [-0.2, 0) is 4.79 Å². The summed E-state index contributed by atoms with van der Waals surface area (Å²) in [6, 6.07) is 13.2. The van der Waals surface area contributed by atoms with Crippen molar-refractivity contribution in [3.05, 3.63) is 53.7 Å². The van der Waals surface area contributed by atoms with E-state index in [1.54, 1.807) is 16.9 Å². The minimum Gasteiger partial charge on any atom is -0.497 e. The van der Waals surface area contributed by atoms with Crippen LogP contribution in [0.2, 0.25) is 0 Å². The SMILES string of the molecule is COc1cccc(N2CCN(C(=O)c3n[nH]c4ccc(C)cc34)CC2=O)c1. The first kappa shape index (κ1) is 17.1. The van der Waals surface area contributed by atoms with Crippen LogP contribution in [-0.4, -0.2) is 53.7 Å². The van der Waals surface area contributed by atoms with Gasteiger partial charge in [-0.2, -0.15) is 5.10 Å². The zero-order valence-electron chi connectivity index (χ0n) is 15.2. The number of piperazine rings is 1. The fourth-order valence-corrected chi connectivity index (χ4v) is 3.34. The third-order valence-electron chi connectivity index (χ3n) is 4.79. The van der Waals surface area contributed by atoms with Crippen LogP contribution in [0.25, 0.3) is 10.9 Å². The molecule has 3 aromatic rings. The lowest BCUT2D eigenvalue weighted by molar-refractivity contribution is -0.120. The lowest BCUT2D eigenvalue weighted by Crippen LogP contribution is -2.52. The molecule has 7 nitrogen and oxygen atoms in total. The molecule has 1 fully saturated rings. The number of ether oxygens (including phenoxy) is 1. The van der Waals surface area contributed by atoms with Gasteiger partial charge in [0.05, 0.1) is 12.6 Å². The number of aromatic amines is 1. The van der Waals surface area contributed by atoms with E-state index in [9.17, 15) is 9.59 Å². The van der Waals surface area contributed by atoms with E-state index in [0.717, 1.165) is 22.2 Å². The summed E-state index contributed by atoms with van der Waals surface area (Å²) in [6.07, 6.45) is 0. The summed E-state index contributed by atoms with van der Waals surface area (Å²) in [5, 5.41) is 7.85. The summed E-state index contributed by atoms with van der Waals surface area (Å²) in [5.74, 6) is 0.335. The molecular weight excluding hydrogens is 344 g/mol. The molecule has 1 saturated heterocycles. The second-order valence-electron chi connectivity index (χ2n) is 6.59. The van der Waals surface area contributed by atoms with Crippen molar-refractivity contribution in [2.75, 3.05) is 31.6 Å². The van der Waals surface area contributed by atoms with E-state index in [0.29, 0.717) is 24.5 Å². The Morgan fingerprint density at radius 3 is 2.81 bits per heavy atom. The van der Waals surface area contributed by atoms with Gasteiger partial charge in [-0.25, -0.2) is 0 Å². The Bertz CT molecular complexity index is 1030. The maximum absolute atomic E-state index is 12.9. The highest BCUT2D eigenvalue weighted by atomic mass is 16.5. The molecule has 1 aliphatic rings. The van der Waals surface area contributed by atoms with Gasteiger partial charge >= 0.3 is 0 Å². The summed E-state index contributed by atoms with van der Waals surface area (Å²) in [4.78, 5) is 28.8. The molecule has 0 unspecified atom stereocenters. The van der Waals surface area contributed by atoms with Gasteiger partial charge < -0.3 is 14.5 Å². The molecule has 1 aliphatic heterocycles. The van der Waals surface area contributed by atoms with Gasteiger partial charge in [0.15, 0.2) is 5.69 Å². The average molecular weight is 364 g/mol. The summed E-state index contributed by atoms with van der Waals surface area (Å²) < 4.78 is 5.23. The van der Waals surface area contributed by atoms with E-state index in [2.05, 4.69) is 10.2 Å². The quantitative estimate of drug-likeness (QED) is 0.774. The fraction of sp³-hybridized carbons (Fsp3) is 0.250. The van der Waals surface area contributed by atoms with Crippen LogP contribution in [0.15, 0.2) is 42.5 Å². The maximum atomic E-state index is 12.9. The Hall–Kier alpha value is -3.35. The van der Waals surface area contributed by atoms with Gasteiger partial charge in [0.1, 0.15) is 12.3 Å².